The van der Waals surface area contributed by atoms with Gasteiger partial charge in [0.2, 0.25) is 5.95 Å². The van der Waals surface area contributed by atoms with Crippen LogP contribution < -0.4 is 10.6 Å². The summed E-state index contributed by atoms with van der Waals surface area (Å²) in [4.78, 5) is 20.3. The summed E-state index contributed by atoms with van der Waals surface area (Å²) in [6.07, 6.45) is 3.33. The van der Waals surface area contributed by atoms with Crippen LogP contribution >= 0.6 is 0 Å². The Bertz CT molecular complexity index is 762. The smallest absolute Gasteiger partial charge is 0.255 e. The number of nitrogens with zero attached hydrogens (tertiary/aromatic N) is 2. The highest BCUT2D eigenvalue weighted by Crippen LogP contribution is 2.18. The lowest BCUT2D eigenvalue weighted by Gasteiger charge is -2.08. The number of anilines is 3. The Labute approximate surface area is 183 Å². The first kappa shape index (κ1) is 29.0. The van der Waals surface area contributed by atoms with Gasteiger partial charge in [-0.1, -0.05) is 79.7 Å². The SMILES string of the molecule is CC.CC.CC.CC.O=C(Nc1cccc(Nc2ncccn2)c1)c1ccccc1. The summed E-state index contributed by atoms with van der Waals surface area (Å²) >= 11 is 0. The van der Waals surface area contributed by atoms with Gasteiger partial charge in [0.05, 0.1) is 0 Å². The molecule has 0 aliphatic rings. The molecule has 0 unspecified atom stereocenters. The quantitative estimate of drug-likeness (QED) is 0.465. The Morgan fingerprint density at radius 3 is 1.77 bits per heavy atom. The van der Waals surface area contributed by atoms with Gasteiger partial charge < -0.3 is 10.6 Å². The number of hydrogen-bond acceptors (Lipinski definition) is 4. The second kappa shape index (κ2) is 20.5. The number of amides is 1. The first-order valence-corrected chi connectivity index (χ1v) is 10.8. The zero-order valence-electron chi connectivity index (χ0n) is 19.7. The summed E-state index contributed by atoms with van der Waals surface area (Å²) in [5.41, 5.74) is 2.12. The van der Waals surface area contributed by atoms with Gasteiger partial charge in [0, 0.05) is 29.3 Å². The number of nitrogens with one attached hydrogen (secondary N) is 2. The predicted molar refractivity (Wildman–Crippen MR) is 132 cm³/mol. The minimum atomic E-state index is -0.145. The molecule has 164 valence electrons. The van der Waals surface area contributed by atoms with Crippen molar-refractivity contribution in [3.05, 3.63) is 78.6 Å². The molecular weight excluding hydrogens is 372 g/mol. The van der Waals surface area contributed by atoms with Crippen molar-refractivity contribution in [2.24, 2.45) is 0 Å². The molecule has 30 heavy (non-hydrogen) atoms. The molecule has 0 radical (unpaired) electrons. The first-order chi connectivity index (χ1) is 14.8. The van der Waals surface area contributed by atoms with E-state index >= 15 is 0 Å². The van der Waals surface area contributed by atoms with Gasteiger partial charge in [0.25, 0.3) is 5.91 Å². The third-order valence-corrected chi connectivity index (χ3v) is 2.98. The standard InChI is InChI=1S/C17H14N4O.4C2H6/c22-16(13-6-2-1-3-7-13)20-14-8-4-9-15(12-14)21-17-18-10-5-11-19-17;4*1-2/h1-12H,(H,20,22)(H,18,19,21);4*1-2H3. The summed E-state index contributed by atoms with van der Waals surface area (Å²) in [6, 6.07) is 18.2. The fraction of sp³-hybridized carbons (Fsp3) is 0.320. The average molecular weight is 411 g/mol. The highest BCUT2D eigenvalue weighted by atomic mass is 16.1. The molecule has 0 fully saturated rings. The predicted octanol–water partition coefficient (Wildman–Crippen LogP) is 7.58. The molecule has 5 nitrogen and oxygen atoms in total. The fourth-order valence-electron chi connectivity index (χ4n) is 1.96. The maximum atomic E-state index is 12.1. The van der Waals surface area contributed by atoms with E-state index in [0.29, 0.717) is 17.2 Å². The summed E-state index contributed by atoms with van der Waals surface area (Å²) in [5.74, 6) is 0.364. The van der Waals surface area contributed by atoms with Gasteiger partial charge in [-0.2, -0.15) is 0 Å². The summed E-state index contributed by atoms with van der Waals surface area (Å²) in [7, 11) is 0. The number of hydrogen-bond donors (Lipinski definition) is 2. The monoisotopic (exact) mass is 410 g/mol. The van der Waals surface area contributed by atoms with Crippen molar-refractivity contribution in [3.63, 3.8) is 0 Å². The molecule has 3 aromatic rings. The molecule has 1 amide bonds. The van der Waals surface area contributed by atoms with Crippen molar-refractivity contribution in [1.82, 2.24) is 9.97 Å². The van der Waals surface area contributed by atoms with E-state index in [4.69, 9.17) is 0 Å². The van der Waals surface area contributed by atoms with Gasteiger partial charge in [-0.05, 0) is 36.4 Å². The molecule has 0 spiro atoms. The highest BCUT2D eigenvalue weighted by molar-refractivity contribution is 6.04. The Morgan fingerprint density at radius 2 is 1.20 bits per heavy atom. The lowest BCUT2D eigenvalue weighted by molar-refractivity contribution is 0.102. The van der Waals surface area contributed by atoms with Crippen molar-refractivity contribution in [2.75, 3.05) is 10.6 Å². The summed E-state index contributed by atoms with van der Waals surface area (Å²) < 4.78 is 0. The Balaban J connectivity index is 0. The zero-order chi connectivity index (χ0) is 23.2. The number of rotatable bonds is 4. The van der Waals surface area contributed by atoms with Crippen LogP contribution in [0.2, 0.25) is 0 Å². The molecular formula is C25H38N4O. The number of carbonyl (C=O) groups is 1. The van der Waals surface area contributed by atoms with Crippen LogP contribution in [0.15, 0.2) is 73.1 Å². The molecule has 1 heterocycles. The van der Waals surface area contributed by atoms with Crippen LogP contribution in [-0.4, -0.2) is 15.9 Å². The van der Waals surface area contributed by atoms with Crippen LogP contribution in [-0.2, 0) is 0 Å². The number of carbonyl (C=O) groups excluding carboxylic acids is 1. The maximum absolute atomic E-state index is 12.1. The fourth-order valence-corrected chi connectivity index (χ4v) is 1.96. The summed E-state index contributed by atoms with van der Waals surface area (Å²) in [6.45, 7) is 16.0. The largest absolute Gasteiger partial charge is 0.324 e. The summed E-state index contributed by atoms with van der Waals surface area (Å²) in [5, 5.41) is 5.95. The Hall–Kier alpha value is -3.21. The van der Waals surface area contributed by atoms with Gasteiger partial charge in [0.15, 0.2) is 0 Å². The van der Waals surface area contributed by atoms with Gasteiger partial charge in [0.1, 0.15) is 0 Å². The molecule has 0 atom stereocenters. The molecule has 2 N–H and O–H groups in total. The van der Waals surface area contributed by atoms with E-state index in [-0.39, 0.29) is 5.91 Å². The lowest BCUT2D eigenvalue weighted by Crippen LogP contribution is -2.11. The van der Waals surface area contributed by atoms with Crippen LogP contribution in [0, 0.1) is 0 Å². The molecule has 2 aromatic carbocycles. The van der Waals surface area contributed by atoms with Crippen molar-refractivity contribution in [1.29, 1.82) is 0 Å². The van der Waals surface area contributed by atoms with Gasteiger partial charge in [-0.25, -0.2) is 9.97 Å². The third-order valence-electron chi connectivity index (χ3n) is 2.98. The van der Waals surface area contributed by atoms with Crippen molar-refractivity contribution in [2.45, 2.75) is 55.4 Å². The van der Waals surface area contributed by atoms with Crippen LogP contribution in [0.1, 0.15) is 65.7 Å². The van der Waals surface area contributed by atoms with E-state index in [1.54, 1.807) is 30.6 Å². The molecule has 0 aliphatic heterocycles. The van der Waals surface area contributed by atoms with Crippen molar-refractivity contribution < 1.29 is 4.79 Å². The first-order valence-electron chi connectivity index (χ1n) is 10.8. The second-order valence-electron chi connectivity index (χ2n) is 4.60. The molecule has 0 bridgehead atoms. The van der Waals surface area contributed by atoms with Crippen LogP contribution in [0.4, 0.5) is 17.3 Å². The van der Waals surface area contributed by atoms with E-state index < -0.39 is 0 Å². The topological polar surface area (TPSA) is 66.9 Å². The van der Waals surface area contributed by atoms with E-state index in [2.05, 4.69) is 20.6 Å². The number of benzene rings is 2. The molecule has 3 rings (SSSR count). The van der Waals surface area contributed by atoms with E-state index in [1.165, 1.54) is 0 Å². The average Bonchev–Trinajstić information content (AvgIpc) is 2.86. The van der Waals surface area contributed by atoms with Crippen molar-refractivity contribution >= 4 is 23.2 Å². The second-order valence-corrected chi connectivity index (χ2v) is 4.60. The van der Waals surface area contributed by atoms with E-state index in [1.807, 2.05) is 97.9 Å². The minimum absolute atomic E-state index is 0.145. The molecule has 0 saturated heterocycles. The normalized spacial score (nSPS) is 8.13. The lowest BCUT2D eigenvalue weighted by atomic mass is 10.2. The molecule has 0 aliphatic carbocycles. The van der Waals surface area contributed by atoms with E-state index in [9.17, 15) is 4.79 Å². The third kappa shape index (κ3) is 11.6. The van der Waals surface area contributed by atoms with Crippen LogP contribution in [0.5, 0.6) is 0 Å². The Kier molecular flexibility index (Phi) is 19.8. The number of aromatic nitrogens is 2. The van der Waals surface area contributed by atoms with Crippen LogP contribution in [0.25, 0.3) is 0 Å². The maximum Gasteiger partial charge on any atom is 0.255 e. The van der Waals surface area contributed by atoms with Crippen molar-refractivity contribution in [3.8, 4) is 0 Å². The molecule has 0 saturated carbocycles. The van der Waals surface area contributed by atoms with Crippen LogP contribution in [0.3, 0.4) is 0 Å². The highest BCUT2D eigenvalue weighted by Gasteiger charge is 2.05. The van der Waals surface area contributed by atoms with Gasteiger partial charge in [-0.15, -0.1) is 0 Å². The van der Waals surface area contributed by atoms with Gasteiger partial charge >= 0.3 is 0 Å². The molecule has 1 aromatic heterocycles. The Morgan fingerprint density at radius 1 is 0.667 bits per heavy atom. The van der Waals surface area contributed by atoms with Gasteiger partial charge in [-0.3, -0.25) is 4.79 Å². The van der Waals surface area contributed by atoms with E-state index in [0.717, 1.165) is 5.69 Å². The molecule has 5 heteroatoms. The zero-order valence-corrected chi connectivity index (χ0v) is 19.7. The minimum Gasteiger partial charge on any atom is -0.324 e.